The van der Waals surface area contributed by atoms with Crippen LogP contribution in [-0.2, 0) is 11.3 Å². The van der Waals surface area contributed by atoms with Crippen LogP contribution >= 0.6 is 12.4 Å². The zero-order valence-corrected chi connectivity index (χ0v) is 16.9. The number of carbonyl (C=O) groups excluding carboxylic acids is 1. The largest absolute Gasteiger partial charge is 0.341 e. The van der Waals surface area contributed by atoms with E-state index in [0.717, 1.165) is 35.6 Å². The van der Waals surface area contributed by atoms with Gasteiger partial charge < -0.3 is 10.2 Å². The first-order valence-corrected chi connectivity index (χ1v) is 9.06. The fraction of sp³-hybridized carbons (Fsp3) is 0.500. The number of nitrogens with zero attached hydrogens (tertiary/aromatic N) is 3. The maximum absolute atomic E-state index is 12.5. The number of halogens is 1. The molecular weight excluding hydrogens is 348 g/mol. The summed E-state index contributed by atoms with van der Waals surface area (Å²) in [6.07, 6.45) is 2.85. The van der Waals surface area contributed by atoms with Gasteiger partial charge in [0.25, 0.3) is 0 Å². The molecule has 2 heterocycles. The van der Waals surface area contributed by atoms with Gasteiger partial charge in [0.05, 0.1) is 11.4 Å². The van der Waals surface area contributed by atoms with Crippen LogP contribution in [0.3, 0.4) is 0 Å². The van der Waals surface area contributed by atoms with E-state index in [1.165, 1.54) is 12.0 Å². The molecular formula is C20H29ClN4O. The summed E-state index contributed by atoms with van der Waals surface area (Å²) < 4.78 is 2.00. The van der Waals surface area contributed by atoms with Gasteiger partial charge in [-0.15, -0.1) is 12.4 Å². The second kappa shape index (κ2) is 8.69. The Labute approximate surface area is 162 Å². The summed E-state index contributed by atoms with van der Waals surface area (Å²) in [5.74, 6) is 0.196. The predicted octanol–water partition coefficient (Wildman–Crippen LogP) is 3.32. The van der Waals surface area contributed by atoms with Crippen molar-refractivity contribution in [3.8, 4) is 5.69 Å². The lowest BCUT2D eigenvalue weighted by Crippen LogP contribution is -2.33. The van der Waals surface area contributed by atoms with E-state index in [2.05, 4.69) is 31.3 Å². The number of carbonyl (C=O) groups is 1. The van der Waals surface area contributed by atoms with Crippen LogP contribution in [0.5, 0.6) is 0 Å². The molecule has 0 bridgehead atoms. The zero-order valence-electron chi connectivity index (χ0n) is 16.1. The van der Waals surface area contributed by atoms with Crippen molar-refractivity contribution in [2.24, 2.45) is 0 Å². The molecule has 1 unspecified atom stereocenters. The van der Waals surface area contributed by atoms with E-state index in [-0.39, 0.29) is 18.3 Å². The molecule has 0 saturated carbocycles. The van der Waals surface area contributed by atoms with E-state index < -0.39 is 0 Å². The van der Waals surface area contributed by atoms with Crippen molar-refractivity contribution < 1.29 is 4.79 Å². The normalized spacial score (nSPS) is 16.4. The highest BCUT2D eigenvalue weighted by atomic mass is 35.5. The Bertz CT molecular complexity index is 765. The number of nitrogens with one attached hydrogen (secondary N) is 1. The second-order valence-electron chi connectivity index (χ2n) is 7.09. The Kier molecular flexibility index (Phi) is 6.84. The molecule has 0 spiro atoms. The molecule has 3 rings (SSSR count). The molecule has 26 heavy (non-hydrogen) atoms. The van der Waals surface area contributed by atoms with Crippen molar-refractivity contribution in [1.29, 1.82) is 0 Å². The summed E-state index contributed by atoms with van der Waals surface area (Å²) in [6, 6.07) is 8.58. The molecule has 1 N–H and O–H groups in total. The summed E-state index contributed by atoms with van der Waals surface area (Å²) in [5, 5.41) is 8.12. The molecule has 1 fully saturated rings. The third-order valence-corrected chi connectivity index (χ3v) is 5.19. The fourth-order valence-corrected chi connectivity index (χ4v) is 3.56. The third kappa shape index (κ3) is 4.27. The highest BCUT2D eigenvalue weighted by molar-refractivity contribution is 5.85. The zero-order chi connectivity index (χ0) is 18.0. The van der Waals surface area contributed by atoms with Crippen molar-refractivity contribution >= 4 is 18.3 Å². The van der Waals surface area contributed by atoms with Crippen LogP contribution in [-0.4, -0.2) is 40.2 Å². The minimum atomic E-state index is 0. The molecule has 6 heteroatoms. The minimum absolute atomic E-state index is 0. The number of benzene rings is 1. The van der Waals surface area contributed by atoms with Crippen LogP contribution in [0, 0.1) is 20.8 Å². The van der Waals surface area contributed by atoms with Crippen LogP contribution < -0.4 is 5.32 Å². The Morgan fingerprint density at radius 2 is 2.04 bits per heavy atom. The number of hydrogen-bond acceptors (Lipinski definition) is 3. The second-order valence-corrected chi connectivity index (χ2v) is 7.09. The van der Waals surface area contributed by atoms with E-state index in [4.69, 9.17) is 5.10 Å². The first kappa shape index (κ1) is 20.5. The van der Waals surface area contributed by atoms with Crippen molar-refractivity contribution in [2.45, 2.75) is 52.6 Å². The third-order valence-electron chi connectivity index (χ3n) is 5.19. The highest BCUT2D eigenvalue weighted by Crippen LogP contribution is 2.22. The fourth-order valence-electron chi connectivity index (χ4n) is 3.56. The van der Waals surface area contributed by atoms with Crippen molar-refractivity contribution in [1.82, 2.24) is 20.0 Å². The average molecular weight is 377 g/mol. The van der Waals surface area contributed by atoms with Gasteiger partial charge in [-0.05, 0) is 51.8 Å². The number of para-hydroxylation sites is 1. The van der Waals surface area contributed by atoms with E-state index >= 15 is 0 Å². The SMILES string of the molecule is Cc1ccccc1-n1nc(C)c(CN(C)C(=O)CC2CCCN2)c1C.Cl. The molecule has 5 nitrogen and oxygen atoms in total. The monoisotopic (exact) mass is 376 g/mol. The molecule has 1 aromatic heterocycles. The highest BCUT2D eigenvalue weighted by Gasteiger charge is 2.22. The van der Waals surface area contributed by atoms with Crippen LogP contribution in [0.2, 0.25) is 0 Å². The molecule has 1 atom stereocenters. The first-order valence-electron chi connectivity index (χ1n) is 9.06. The number of aryl methyl sites for hydroxylation is 2. The lowest BCUT2D eigenvalue weighted by Gasteiger charge is -2.20. The summed E-state index contributed by atoms with van der Waals surface area (Å²) in [6.45, 7) is 7.83. The summed E-state index contributed by atoms with van der Waals surface area (Å²) in [5.41, 5.74) is 5.51. The molecule has 1 saturated heterocycles. The topological polar surface area (TPSA) is 50.2 Å². The van der Waals surface area contributed by atoms with Gasteiger partial charge in [-0.3, -0.25) is 4.79 Å². The number of hydrogen-bond donors (Lipinski definition) is 1. The minimum Gasteiger partial charge on any atom is -0.341 e. The maximum atomic E-state index is 12.5. The number of amides is 1. The maximum Gasteiger partial charge on any atom is 0.224 e. The van der Waals surface area contributed by atoms with Gasteiger partial charge in [0.2, 0.25) is 5.91 Å². The Hall–Kier alpha value is -1.85. The molecule has 1 aliphatic heterocycles. The molecule has 2 aromatic rings. The van der Waals surface area contributed by atoms with Crippen molar-refractivity contribution in [3.63, 3.8) is 0 Å². The van der Waals surface area contributed by atoms with E-state index in [1.807, 2.05) is 35.7 Å². The Balaban J connectivity index is 0.00000243. The van der Waals surface area contributed by atoms with Crippen LogP contribution in [0.4, 0.5) is 0 Å². The summed E-state index contributed by atoms with van der Waals surface area (Å²) >= 11 is 0. The van der Waals surface area contributed by atoms with Crippen molar-refractivity contribution in [3.05, 3.63) is 46.8 Å². The summed E-state index contributed by atoms with van der Waals surface area (Å²) in [7, 11) is 1.89. The van der Waals surface area contributed by atoms with E-state index in [1.54, 1.807) is 0 Å². The molecule has 1 aromatic carbocycles. The number of aromatic nitrogens is 2. The first-order chi connectivity index (χ1) is 12.0. The van der Waals surface area contributed by atoms with Gasteiger partial charge in [-0.2, -0.15) is 5.10 Å². The van der Waals surface area contributed by atoms with Gasteiger partial charge in [0.15, 0.2) is 0 Å². The Morgan fingerprint density at radius 1 is 1.31 bits per heavy atom. The predicted molar refractivity (Wildman–Crippen MR) is 107 cm³/mol. The van der Waals surface area contributed by atoms with Crippen LogP contribution in [0.25, 0.3) is 5.69 Å². The number of rotatable bonds is 5. The van der Waals surface area contributed by atoms with E-state index in [0.29, 0.717) is 19.0 Å². The van der Waals surface area contributed by atoms with Gasteiger partial charge in [0, 0.05) is 37.3 Å². The van der Waals surface area contributed by atoms with Gasteiger partial charge >= 0.3 is 0 Å². The molecule has 142 valence electrons. The van der Waals surface area contributed by atoms with Gasteiger partial charge in [-0.1, -0.05) is 18.2 Å². The standard InChI is InChI=1S/C20H28N4O.ClH/c1-14-8-5-6-10-19(14)24-16(3)18(15(2)22-24)13-23(4)20(25)12-17-9-7-11-21-17;/h5-6,8,10,17,21H,7,9,11-13H2,1-4H3;1H. The van der Waals surface area contributed by atoms with Gasteiger partial charge in [0.1, 0.15) is 0 Å². The smallest absolute Gasteiger partial charge is 0.224 e. The molecule has 1 aliphatic rings. The average Bonchev–Trinajstić information content (AvgIpc) is 3.18. The molecule has 0 aliphatic carbocycles. The Morgan fingerprint density at radius 3 is 2.69 bits per heavy atom. The summed E-state index contributed by atoms with van der Waals surface area (Å²) in [4.78, 5) is 14.3. The quantitative estimate of drug-likeness (QED) is 0.870. The van der Waals surface area contributed by atoms with Gasteiger partial charge in [-0.25, -0.2) is 4.68 Å². The molecule has 0 radical (unpaired) electrons. The van der Waals surface area contributed by atoms with Crippen LogP contribution in [0.15, 0.2) is 24.3 Å². The molecule has 1 amide bonds. The van der Waals surface area contributed by atoms with Crippen molar-refractivity contribution in [2.75, 3.05) is 13.6 Å². The van der Waals surface area contributed by atoms with E-state index in [9.17, 15) is 4.79 Å². The lowest BCUT2D eigenvalue weighted by atomic mass is 10.1. The van der Waals surface area contributed by atoms with Crippen LogP contribution in [0.1, 0.15) is 41.8 Å². The lowest BCUT2D eigenvalue weighted by molar-refractivity contribution is -0.130.